The van der Waals surface area contributed by atoms with Gasteiger partial charge in [0.1, 0.15) is 11.4 Å². The van der Waals surface area contributed by atoms with Crippen LogP contribution in [0.15, 0.2) is 145 Å². The molecule has 4 N–H and O–H groups in total. The minimum absolute atomic E-state index is 0.0319. The zero-order valence-electron chi connectivity index (χ0n) is 42.5. The standard InChI is InChI=1S/C25H18ClF3N2O2.C13H10F3NO3.C12H10ClN.I11.H3P/c26-17-13-15(9-10-16(17)14-5-2-1-3-6-14)30-24(32)23-20-12-11-19(33-20)22(23)18-7-4-8-21(31-18)25(27,28)29;14-13(15,16)9-3-1-2-6(17-9)10-7-4-5-8(20-7)11(10)12(18)19;13-12-8-10(14)6-7-11(12)9-4-2-1-3-5-9;1-7-9(4)11(6)10(5)8(2)3;/h1-10,13,19-20H,11-12H2,(H,30,32);1-3,7-8H,4-5H2,(H,18,19);1-8H,14H2;;1H3/q;;;-1;/i;;;;1T3. The fraction of sp³-hybridized carbons (Fsp3) is 0.200. The fourth-order valence-electron chi connectivity index (χ4n) is 8.53. The number of fused-ring (bicyclic) bond motifs is 4. The summed E-state index contributed by atoms with van der Waals surface area (Å²) in [4.78, 5) is 31.8. The van der Waals surface area contributed by atoms with E-state index in [1.54, 1.807) is 18.2 Å². The van der Waals surface area contributed by atoms with E-state index in [4.69, 9.17) is 42.2 Å². The van der Waals surface area contributed by atoms with Gasteiger partial charge < -0.3 is 25.6 Å². The number of alkyl halides is 6. The molecule has 0 saturated carbocycles. The van der Waals surface area contributed by atoms with Crippen LogP contribution in [0.5, 0.6) is 0 Å². The second kappa shape index (κ2) is 32.4. The normalized spacial score (nSPS) is 19.2. The number of carboxylic acids is 1. The quantitative estimate of drug-likeness (QED) is 0.0505. The predicted molar refractivity (Wildman–Crippen MR) is 394 cm³/mol. The summed E-state index contributed by atoms with van der Waals surface area (Å²) in [7, 11) is -3.03. The summed E-state index contributed by atoms with van der Waals surface area (Å²) in [5.41, 5.74) is 9.85. The van der Waals surface area contributed by atoms with E-state index in [-0.39, 0.29) is 54.1 Å². The van der Waals surface area contributed by atoms with Crippen LogP contribution in [0, 0.1) is 0 Å². The van der Waals surface area contributed by atoms with Crippen LogP contribution in [-0.2, 0) is 31.4 Å². The number of carbonyl (C=O) groups excluding carboxylic acids is 1. The Bertz CT molecular complexity index is 3250. The molecule has 4 bridgehead atoms. The molecule has 2 aromatic heterocycles. The van der Waals surface area contributed by atoms with Crippen LogP contribution in [0.3, 0.4) is 0 Å². The zero-order chi connectivity index (χ0) is 60.2. The third-order valence-electron chi connectivity index (χ3n) is 11.7. The van der Waals surface area contributed by atoms with Crippen molar-refractivity contribution >= 4 is 211 Å². The molecule has 9 nitrogen and oxygen atoms in total. The Morgan fingerprint density at radius 2 is 1.10 bits per heavy atom. The minimum Gasteiger partial charge on any atom is -0.478 e. The summed E-state index contributed by atoms with van der Waals surface area (Å²) >= 11 is 30.3. The van der Waals surface area contributed by atoms with Gasteiger partial charge in [0, 0.05) is 33.6 Å². The Morgan fingerprint density at radius 1 is 0.658 bits per heavy atom. The molecule has 4 aromatic carbocycles. The molecule has 4 aliphatic rings. The number of carboxylic acid groups (broad SMARTS) is 1. The van der Waals surface area contributed by atoms with Gasteiger partial charge in [-0.2, -0.15) is 36.1 Å². The number of hydrogen-bond donors (Lipinski definition) is 3. The molecule has 4 atom stereocenters. The smallest absolute Gasteiger partial charge is 0.433 e. The van der Waals surface area contributed by atoms with Crippen LogP contribution in [-0.4, -0.2) is 55.2 Å². The Balaban J connectivity index is 0.000000188. The number of aromatic nitrogens is 2. The minimum atomic E-state index is -4.57. The van der Waals surface area contributed by atoms with Crippen molar-refractivity contribution in [1.29, 1.82) is 3.84 Å². The van der Waals surface area contributed by atoms with Crippen LogP contribution < -0.4 is 24.3 Å². The number of aliphatic carboxylic acids is 1. The van der Waals surface area contributed by atoms with Crippen molar-refractivity contribution in [2.75, 3.05) is 11.1 Å². The molecule has 0 aliphatic carbocycles. The second-order valence-corrected chi connectivity index (χ2v) is 228. The molecule has 6 aromatic rings. The number of rotatable bonds is 11. The second-order valence-electron chi connectivity index (χ2n) is 16.5. The first kappa shape index (κ1) is 65.4. The number of carbonyl (C=O) groups is 2. The number of ether oxygens (including phenoxy) is 2. The van der Waals surface area contributed by atoms with Gasteiger partial charge in [-0.3, -0.25) is 4.79 Å². The number of nitrogens with zero attached hydrogens (tertiary/aromatic N) is 2. The van der Waals surface area contributed by atoms with Crippen LogP contribution in [0.4, 0.5) is 37.7 Å². The molecule has 29 heteroatoms. The molecule has 4 aliphatic heterocycles. The first-order chi connectivity index (χ1) is 38.7. The number of hydrogen-bond acceptors (Lipinski definition) is 7. The van der Waals surface area contributed by atoms with Crippen molar-refractivity contribution in [3.05, 3.63) is 177 Å². The number of halogens is 19. The van der Waals surface area contributed by atoms with Gasteiger partial charge in [-0.05, 0) is 85.3 Å². The first-order valence-electron chi connectivity index (χ1n) is 23.6. The van der Waals surface area contributed by atoms with E-state index in [0.717, 1.165) is 34.4 Å². The van der Waals surface area contributed by atoms with Crippen molar-refractivity contribution in [2.24, 2.45) is 0 Å². The summed E-state index contributed by atoms with van der Waals surface area (Å²) in [6.45, 7) is 0. The summed E-state index contributed by atoms with van der Waals surface area (Å²) < 4.78 is 107. The number of amides is 1. The maximum atomic E-state index is 13.2. The number of nitrogens with one attached hydrogen (secondary N) is 1. The Labute approximate surface area is 550 Å². The third-order valence-corrected chi connectivity index (χ3v) is 591. The average Bonchev–Trinajstić information content (AvgIpc) is 3.01. The van der Waals surface area contributed by atoms with Crippen LogP contribution in [0.25, 0.3) is 33.4 Å². The maximum absolute atomic E-state index is 13.2. The molecule has 0 spiro atoms. The summed E-state index contributed by atoms with van der Waals surface area (Å²) in [5.74, 6) is -1.59. The van der Waals surface area contributed by atoms with Gasteiger partial charge in [0.25, 0.3) is 5.91 Å². The number of pyridine rings is 2. The van der Waals surface area contributed by atoms with Crippen molar-refractivity contribution < 1.29 is 63.8 Å². The largest absolute Gasteiger partial charge is 0.478 e. The molecule has 4 unspecified atom stereocenters. The van der Waals surface area contributed by atoms with E-state index in [0.29, 0.717) is 71.5 Å². The van der Waals surface area contributed by atoms with Crippen molar-refractivity contribution in [3.63, 3.8) is 0 Å². The molecule has 1 amide bonds. The monoisotopic (exact) mass is 2390 g/mol. The van der Waals surface area contributed by atoms with Gasteiger partial charge in [-0.25, -0.2) is 14.8 Å². The fourth-order valence-corrected chi connectivity index (χ4v) is 1060. The number of nitrogen functional groups attached to an aromatic ring is 1. The average molecular weight is 2400 g/mol. The molecule has 0 radical (unpaired) electrons. The third kappa shape index (κ3) is 19.0. The van der Waals surface area contributed by atoms with Crippen LogP contribution >= 0.6 is 176 Å². The summed E-state index contributed by atoms with van der Waals surface area (Å²) in [5, 5.41) is 13.2. The Kier molecular flexibility index (Phi) is 26.8. The van der Waals surface area contributed by atoms with E-state index in [1.807, 2.05) is 78.9 Å². The summed E-state index contributed by atoms with van der Waals surface area (Å²) in [6.07, 6.45) is -8.62. The molecular weight excluding hydrogens is 2350 g/mol. The molecule has 6 heterocycles. The van der Waals surface area contributed by atoms with Gasteiger partial charge in [0.05, 0.1) is 60.8 Å². The van der Waals surface area contributed by atoms with E-state index in [9.17, 15) is 41.0 Å². The Morgan fingerprint density at radius 3 is 1.53 bits per heavy atom. The molecule has 430 valence electrons. The summed E-state index contributed by atoms with van der Waals surface area (Å²) in [6, 6.07) is 37.5. The maximum Gasteiger partial charge on any atom is 0.433 e. The van der Waals surface area contributed by atoms with Crippen molar-refractivity contribution in [3.8, 4) is 22.3 Å². The van der Waals surface area contributed by atoms with E-state index in [2.05, 4.69) is 127 Å². The van der Waals surface area contributed by atoms with Gasteiger partial charge in [-0.1, -0.05) is 108 Å². The first-order valence-corrected chi connectivity index (χ1v) is 85.9. The predicted octanol–water partition coefficient (Wildman–Crippen LogP) is 18.4. The molecule has 2 saturated heterocycles. The Hall–Kier alpha value is 1.94. The molecule has 79 heavy (non-hydrogen) atoms. The van der Waals surface area contributed by atoms with E-state index < -0.39 is 69.8 Å². The van der Waals surface area contributed by atoms with Gasteiger partial charge in [0.2, 0.25) is 0 Å². The van der Waals surface area contributed by atoms with Gasteiger partial charge in [-0.15, -0.1) is 0 Å². The number of nitrogens with two attached hydrogens (primary N) is 1. The van der Waals surface area contributed by atoms with Crippen molar-refractivity contribution in [2.45, 2.75) is 62.5 Å². The molecular formula is C50H41Cl2F6I11N4O5P-. The van der Waals surface area contributed by atoms with Gasteiger partial charge >= 0.3 is 175 Å². The number of benzene rings is 4. The molecule has 2 fully saturated rings. The topological polar surface area (TPSA) is 137 Å². The number of anilines is 2. The van der Waals surface area contributed by atoms with Crippen LogP contribution in [0.1, 0.15) is 48.5 Å². The van der Waals surface area contributed by atoms with Gasteiger partial charge in [0.15, 0.2) is 0 Å². The van der Waals surface area contributed by atoms with E-state index in [1.165, 1.54) is 24.3 Å². The van der Waals surface area contributed by atoms with E-state index >= 15 is 0 Å². The zero-order valence-corrected chi connectivity index (χ0v) is 65.7. The SMILES string of the molecule is I[I-]I(I)I(I)I(I)I(I)I.Nc1ccc(-c2ccccc2)c(Cl)c1.O=C(Nc1ccc(-c2ccccc2)c(Cl)c1)C1=C(c2cccc(C(F)(F)F)n2)C2CCC1O2.O=C(O)C1=C(c2cccc(C(F)(F)F)n2)C2CCC1O2.[3H]P([3H])[3H]. The van der Waals surface area contributed by atoms with Crippen molar-refractivity contribution in [1.82, 2.24) is 9.97 Å². The van der Waals surface area contributed by atoms with Crippen LogP contribution in [0.2, 0.25) is 10.0 Å². The molecule has 10 rings (SSSR count).